The Kier molecular flexibility index (Phi) is 3.74. The number of ether oxygens (including phenoxy) is 2. The second-order valence-corrected chi connectivity index (χ2v) is 3.12. The Hall–Kier alpha value is 0.130. The van der Waals surface area contributed by atoms with E-state index in [-0.39, 0.29) is 6.10 Å². The maximum absolute atomic E-state index is 9.31. The molecular weight excluding hydrogens is 184 g/mol. The van der Waals surface area contributed by atoms with Gasteiger partial charge in [-0.1, -0.05) is 0 Å². The first-order chi connectivity index (χ1) is 5.69. The predicted octanol–water partition coefficient (Wildman–Crippen LogP) is -0.292. The minimum absolute atomic E-state index is 0.241. The Morgan fingerprint density at radius 3 is 2.75 bits per heavy atom. The van der Waals surface area contributed by atoms with Crippen molar-refractivity contribution in [3.63, 3.8) is 0 Å². The highest BCUT2D eigenvalue weighted by Gasteiger charge is 2.36. The highest BCUT2D eigenvalue weighted by atomic mass is 35.5. The summed E-state index contributed by atoms with van der Waals surface area (Å²) in [5, 5.41) is 18.6. The van der Waals surface area contributed by atoms with Gasteiger partial charge in [0, 0.05) is 19.4 Å². The van der Waals surface area contributed by atoms with Crippen LogP contribution < -0.4 is 0 Å². The summed E-state index contributed by atoms with van der Waals surface area (Å²) in [5.74, 6) is 0.295. The van der Waals surface area contributed by atoms with Crippen LogP contribution in [0, 0.1) is 0 Å². The molecule has 4 nitrogen and oxygen atoms in total. The van der Waals surface area contributed by atoms with Crippen LogP contribution in [0.5, 0.6) is 0 Å². The minimum Gasteiger partial charge on any atom is -0.390 e. The minimum atomic E-state index is -0.977. The number of hydrogen-bond donors (Lipinski definition) is 2. The Labute approximate surface area is 76.0 Å². The first-order valence-corrected chi connectivity index (χ1v) is 4.32. The molecule has 5 heteroatoms. The van der Waals surface area contributed by atoms with Crippen LogP contribution in [-0.4, -0.2) is 47.8 Å². The first-order valence-electron chi connectivity index (χ1n) is 3.79. The van der Waals surface area contributed by atoms with E-state index in [9.17, 15) is 10.2 Å². The summed E-state index contributed by atoms with van der Waals surface area (Å²) in [7, 11) is 1.41. The number of methoxy groups -OCH3 is 1. The number of aliphatic hydroxyl groups excluding tert-OH is 2. The van der Waals surface area contributed by atoms with Crippen molar-refractivity contribution in [1.82, 2.24) is 0 Å². The molecule has 0 aromatic heterocycles. The fourth-order valence-electron chi connectivity index (χ4n) is 1.21. The van der Waals surface area contributed by atoms with Gasteiger partial charge in [0.2, 0.25) is 0 Å². The summed E-state index contributed by atoms with van der Waals surface area (Å²) in [6.07, 6.45) is -2.45. The predicted molar refractivity (Wildman–Crippen MR) is 43.0 cm³/mol. The van der Waals surface area contributed by atoms with Gasteiger partial charge in [0.25, 0.3) is 0 Å². The summed E-state index contributed by atoms with van der Waals surface area (Å²) < 4.78 is 10.0. The number of alkyl halides is 1. The molecule has 2 N–H and O–H groups in total. The number of aliphatic hydroxyl groups is 2. The van der Waals surface area contributed by atoms with Gasteiger partial charge in [-0.25, -0.2) is 0 Å². The molecule has 0 saturated carbocycles. The van der Waals surface area contributed by atoms with Gasteiger partial charge >= 0.3 is 0 Å². The van der Waals surface area contributed by atoms with E-state index in [1.54, 1.807) is 0 Å². The monoisotopic (exact) mass is 196 g/mol. The molecule has 72 valence electrons. The van der Waals surface area contributed by atoms with E-state index >= 15 is 0 Å². The van der Waals surface area contributed by atoms with Crippen molar-refractivity contribution in [3.05, 3.63) is 0 Å². The van der Waals surface area contributed by atoms with Crippen molar-refractivity contribution in [2.75, 3.05) is 13.0 Å². The van der Waals surface area contributed by atoms with Crippen LogP contribution in [0.15, 0.2) is 0 Å². The van der Waals surface area contributed by atoms with E-state index in [4.69, 9.17) is 21.1 Å². The average molecular weight is 197 g/mol. The van der Waals surface area contributed by atoms with Gasteiger partial charge in [-0.3, -0.25) is 0 Å². The van der Waals surface area contributed by atoms with Crippen molar-refractivity contribution in [2.45, 2.75) is 31.0 Å². The first kappa shape index (κ1) is 10.2. The quantitative estimate of drug-likeness (QED) is 0.596. The largest absolute Gasteiger partial charge is 0.390 e. The van der Waals surface area contributed by atoms with Crippen molar-refractivity contribution in [1.29, 1.82) is 0 Å². The van der Waals surface area contributed by atoms with E-state index in [0.717, 1.165) is 0 Å². The smallest absolute Gasteiger partial charge is 0.185 e. The van der Waals surface area contributed by atoms with Crippen molar-refractivity contribution < 1.29 is 19.7 Å². The molecule has 1 saturated heterocycles. The van der Waals surface area contributed by atoms with Crippen LogP contribution in [0.1, 0.15) is 6.42 Å². The zero-order valence-electron chi connectivity index (χ0n) is 6.81. The number of halogens is 1. The molecule has 12 heavy (non-hydrogen) atoms. The lowest BCUT2D eigenvalue weighted by atomic mass is 10.0. The van der Waals surface area contributed by atoms with Gasteiger partial charge in [-0.05, 0) is 0 Å². The van der Waals surface area contributed by atoms with E-state index < -0.39 is 18.5 Å². The van der Waals surface area contributed by atoms with Crippen LogP contribution in [0.3, 0.4) is 0 Å². The topological polar surface area (TPSA) is 58.9 Å². The summed E-state index contributed by atoms with van der Waals surface area (Å²) in [6, 6.07) is 0. The van der Waals surface area contributed by atoms with Gasteiger partial charge in [0.15, 0.2) is 6.29 Å². The molecule has 0 radical (unpaired) electrons. The Bertz CT molecular complexity index is 143. The van der Waals surface area contributed by atoms with E-state index in [0.29, 0.717) is 12.3 Å². The van der Waals surface area contributed by atoms with E-state index in [1.807, 2.05) is 0 Å². The van der Waals surface area contributed by atoms with Gasteiger partial charge in [-0.15, -0.1) is 11.6 Å². The molecule has 1 aliphatic rings. The number of rotatable bonds is 2. The molecule has 0 bridgehead atoms. The molecular formula is C7H13ClO4. The summed E-state index contributed by atoms with van der Waals surface area (Å²) in [5.41, 5.74) is 0. The molecule has 0 amide bonds. The zero-order valence-corrected chi connectivity index (χ0v) is 7.57. The van der Waals surface area contributed by atoms with Crippen LogP contribution in [0.25, 0.3) is 0 Å². The SMILES string of the molecule is CO[C@H]1OC(CCl)CC(O)[C@@H]1O. The molecule has 1 heterocycles. The van der Waals surface area contributed by atoms with Crippen molar-refractivity contribution in [2.24, 2.45) is 0 Å². The molecule has 2 unspecified atom stereocenters. The highest BCUT2D eigenvalue weighted by Crippen LogP contribution is 2.21. The molecule has 0 spiro atoms. The standard InChI is InChI=1S/C7H13ClO4/c1-11-7-6(10)5(9)2-4(3-8)12-7/h4-7,9-10H,2-3H2,1H3/t4?,5?,6-,7-/m0/s1. The maximum atomic E-state index is 9.31. The maximum Gasteiger partial charge on any atom is 0.185 e. The van der Waals surface area contributed by atoms with E-state index in [1.165, 1.54) is 7.11 Å². The molecule has 4 atom stereocenters. The molecule has 0 aliphatic carbocycles. The third kappa shape index (κ3) is 2.08. The van der Waals surface area contributed by atoms with Crippen LogP contribution in [-0.2, 0) is 9.47 Å². The molecule has 1 aliphatic heterocycles. The second kappa shape index (κ2) is 4.39. The Morgan fingerprint density at radius 2 is 2.25 bits per heavy atom. The molecule has 1 rings (SSSR count). The van der Waals surface area contributed by atoms with Crippen LogP contribution >= 0.6 is 11.6 Å². The van der Waals surface area contributed by atoms with Gasteiger partial charge in [-0.2, -0.15) is 0 Å². The highest BCUT2D eigenvalue weighted by molar-refractivity contribution is 6.18. The fourth-order valence-corrected chi connectivity index (χ4v) is 1.41. The number of hydrogen-bond acceptors (Lipinski definition) is 4. The summed E-state index contributed by atoms with van der Waals surface area (Å²) >= 11 is 5.54. The lowest BCUT2D eigenvalue weighted by molar-refractivity contribution is -0.253. The third-order valence-corrected chi connectivity index (χ3v) is 2.25. The summed E-state index contributed by atoms with van der Waals surface area (Å²) in [6.45, 7) is 0. The van der Waals surface area contributed by atoms with E-state index in [2.05, 4.69) is 0 Å². The second-order valence-electron chi connectivity index (χ2n) is 2.81. The third-order valence-electron chi connectivity index (χ3n) is 1.91. The Morgan fingerprint density at radius 1 is 1.58 bits per heavy atom. The lowest BCUT2D eigenvalue weighted by Crippen LogP contribution is -2.49. The van der Waals surface area contributed by atoms with Crippen molar-refractivity contribution in [3.8, 4) is 0 Å². The fraction of sp³-hybridized carbons (Fsp3) is 1.00. The Balaban J connectivity index is 2.52. The molecule has 0 aromatic carbocycles. The zero-order chi connectivity index (χ0) is 9.14. The van der Waals surface area contributed by atoms with Gasteiger partial charge in [0.05, 0.1) is 12.2 Å². The normalized spacial score (nSPS) is 43.0. The lowest BCUT2D eigenvalue weighted by Gasteiger charge is -2.35. The van der Waals surface area contributed by atoms with Gasteiger partial charge < -0.3 is 19.7 Å². The molecule has 0 aromatic rings. The van der Waals surface area contributed by atoms with Crippen LogP contribution in [0.2, 0.25) is 0 Å². The average Bonchev–Trinajstić information content (AvgIpc) is 2.09. The van der Waals surface area contributed by atoms with Crippen molar-refractivity contribution >= 4 is 11.6 Å². The van der Waals surface area contributed by atoms with Gasteiger partial charge in [0.1, 0.15) is 6.10 Å². The summed E-state index contributed by atoms with van der Waals surface area (Å²) in [4.78, 5) is 0. The molecule has 1 fully saturated rings. The van der Waals surface area contributed by atoms with Crippen LogP contribution in [0.4, 0.5) is 0 Å².